The van der Waals surface area contributed by atoms with Crippen LogP contribution in [0.1, 0.15) is 0 Å². The lowest BCUT2D eigenvalue weighted by Crippen LogP contribution is -1.70. The smallest absolute Gasteiger partial charge is 0 e. The van der Waals surface area contributed by atoms with Crippen molar-refractivity contribution in [3.05, 3.63) is 0 Å². The van der Waals surface area contributed by atoms with Crippen LogP contribution >= 0.6 is 0 Å². The zero-order valence-corrected chi connectivity index (χ0v) is 56.6. The molecule has 126 heteroatoms. The normalized spacial score (nSPS) is 15.8. The Labute approximate surface area is 659 Å². The van der Waals surface area contributed by atoms with E-state index < -0.39 is 0 Å². The van der Waals surface area contributed by atoms with Crippen molar-refractivity contribution in [2.24, 2.45) is 659 Å². The second kappa shape index (κ2) is 99.8. The zero-order valence-electron chi connectivity index (χ0n) is 56.6. The lowest BCUT2D eigenvalue weighted by Gasteiger charge is -1.71. The van der Waals surface area contributed by atoms with Gasteiger partial charge in [-0.2, -0.15) is 0 Å². The molecule has 634 valence electrons. The first-order chi connectivity index (χ1) is 62.9. The first-order valence-electron chi connectivity index (χ1n) is 25.1. The molecule has 0 aromatic rings. The van der Waals surface area contributed by atoms with Crippen LogP contribution < -0.4 is 11.7 Å². The van der Waals surface area contributed by atoms with E-state index in [9.17, 15) is 0 Å². The van der Waals surface area contributed by atoms with Crippen LogP contribution in [-0.4, -0.2) is 0 Å². The first kappa shape index (κ1) is 101. The highest BCUT2D eigenvalue weighted by Gasteiger charge is 1.83. The molecule has 0 aromatic heterocycles. The molecule has 126 nitrogen and oxygen atoms in total. The van der Waals surface area contributed by atoms with Crippen molar-refractivity contribution in [1.82, 2.24) is 0 Å². The van der Waals surface area contributed by atoms with E-state index in [1.54, 1.807) is 0 Å². The lowest BCUT2D eigenvalue weighted by molar-refractivity contribution is 0.722. The van der Waals surface area contributed by atoms with Gasteiger partial charge in [0.15, 0.2) is 0 Å². The van der Waals surface area contributed by atoms with Gasteiger partial charge in [-0.05, 0) is 73.1 Å². The van der Waals surface area contributed by atoms with Gasteiger partial charge < -0.3 is 11.7 Å². The summed E-state index contributed by atoms with van der Waals surface area (Å²) in [6.07, 6.45) is 0. The second-order valence-corrected chi connectivity index (χ2v) is 11.1. The van der Waals surface area contributed by atoms with Crippen molar-refractivity contribution >= 4 is 0 Å². The molecule has 0 aliphatic rings. The van der Waals surface area contributed by atoms with Crippen molar-refractivity contribution in [3.63, 3.8) is 0 Å². The van der Waals surface area contributed by atoms with Gasteiger partial charge >= 0.3 is 0 Å². The molecule has 0 spiro atoms. The fourth-order valence-corrected chi connectivity index (χ4v) is 2.19. The molecule has 0 bridgehead atoms. The maximum absolute atomic E-state index is 4.64. The number of rotatable bonds is 61. The summed E-state index contributed by atoms with van der Waals surface area (Å²) in [7, 11) is 0. The SMILES string of the molecule is N/N=N/N=N/N=N/N=N/N=N/N=N/N=N/N=N/N=N/N=N/N=N/N=N/N=N/N=N/N=N/N=N/N=N/N=N/N=N/N=N/N=N/N=N/N=N/N=N/N=N/N=N/N=N/N=N/N=N/N=N/N=N/N=N/N=N/N=N/N=N/N=N/N=N/N=N/N=N/N=N/N=N/N=N/N=N/N=N/N=N/N=N/N=N/N=N/N=N/N=N/N=N/N=N/N=N/N=N/N=N/N=N/N=N/N=N/N=N/N=N/N=N/N=N/N. The summed E-state index contributed by atoms with van der Waals surface area (Å²) in [6, 6.07) is 0. The molecule has 0 amide bonds. The van der Waals surface area contributed by atoms with Crippen LogP contribution in [0.15, 0.2) is 648 Å². The van der Waals surface area contributed by atoms with E-state index in [2.05, 4.69) is 659 Å². The molecule has 0 saturated heterocycles. The van der Waals surface area contributed by atoms with Gasteiger partial charge in [0, 0.05) is 564 Å². The first-order valence-corrected chi connectivity index (χ1v) is 25.1. The molecule has 0 fully saturated rings. The zero-order chi connectivity index (χ0) is 89.7. The van der Waals surface area contributed by atoms with Crippen molar-refractivity contribution in [3.8, 4) is 0 Å². The molecule has 0 aliphatic heterocycles. The predicted molar refractivity (Wildman–Crippen MR) is 309 cm³/mol. The maximum Gasteiger partial charge on any atom is 0 e. The van der Waals surface area contributed by atoms with E-state index >= 15 is 0 Å². The average Bonchev–Trinajstić information content (AvgIpc) is 1.24. The highest BCUT2D eigenvalue weighted by molar-refractivity contribution is 4.25. The minimum atomic E-state index is 2.75. The van der Waals surface area contributed by atoms with E-state index in [1.165, 1.54) is 0 Å². The van der Waals surface area contributed by atoms with Crippen LogP contribution in [0.3, 0.4) is 0 Å². The second-order valence-electron chi connectivity index (χ2n) is 11.1. The quantitative estimate of drug-likeness (QED) is 0.0341. The van der Waals surface area contributed by atoms with Crippen molar-refractivity contribution in [2.45, 2.75) is 0 Å². The minimum Gasteiger partial charge on any atom is -0.303 e. The molecule has 0 unspecified atom stereocenters. The fraction of sp³-hybridized carbons (Fsp3) is 0. The molecule has 0 atom stereocenters. The summed E-state index contributed by atoms with van der Waals surface area (Å²) in [5, 5.41) is 371. The fourth-order valence-electron chi connectivity index (χ4n) is 2.19. The van der Waals surface area contributed by atoms with Gasteiger partial charge in [-0.25, -0.2) is 0 Å². The Balaban J connectivity index is 4.13. The van der Waals surface area contributed by atoms with E-state index in [0.29, 0.717) is 0 Å². The van der Waals surface area contributed by atoms with E-state index in [0.717, 1.165) is 0 Å². The molecule has 126 heavy (non-hydrogen) atoms. The molecular formula is H4N126. The largest absolute Gasteiger partial charge is 0.303 e. The summed E-state index contributed by atoms with van der Waals surface area (Å²) in [5.74, 6) is 9.27. The summed E-state index contributed by atoms with van der Waals surface area (Å²) in [6.45, 7) is 0. The molecule has 0 radical (unpaired) electrons. The molecule has 0 aliphatic carbocycles. The topological polar surface area (TPSA) is 1580 Å². The van der Waals surface area contributed by atoms with Crippen molar-refractivity contribution in [1.29, 1.82) is 0 Å². The highest BCUT2D eigenvalue weighted by Crippen LogP contribution is 2.01. The third-order valence-corrected chi connectivity index (χ3v) is 4.94. The van der Waals surface area contributed by atoms with Gasteiger partial charge in [-0.1, -0.05) is 10.4 Å². The molecule has 0 heterocycles. The molecule has 0 aromatic carbocycles. The lowest BCUT2D eigenvalue weighted by atomic mass is 12.3. The summed E-state index contributed by atoms with van der Waals surface area (Å²) >= 11 is 0. The van der Waals surface area contributed by atoms with Crippen LogP contribution in [0.4, 0.5) is 0 Å². The Hall–Kier alpha value is -25.2. The predicted octanol–water partition coefficient (Wildman–Crippen LogP) is 21.6. The third-order valence-electron chi connectivity index (χ3n) is 4.94. The average molecular weight is 1770 g/mol. The Kier molecular flexibility index (Phi) is 79.8. The Bertz CT molecular complexity index is 4340. The van der Waals surface area contributed by atoms with E-state index in [1.807, 2.05) is 0 Å². The van der Waals surface area contributed by atoms with Gasteiger partial charge in [-0.3, -0.25) is 0 Å². The van der Waals surface area contributed by atoms with Crippen LogP contribution in [0.2, 0.25) is 0 Å². The third kappa shape index (κ3) is 98.8. The van der Waals surface area contributed by atoms with E-state index in [4.69, 9.17) is 0 Å². The summed E-state index contributed by atoms with van der Waals surface area (Å²) in [5.41, 5.74) is 0. The van der Waals surface area contributed by atoms with Crippen LogP contribution in [-0.2, 0) is 0 Å². The number of nitrogens with two attached hydrogens (primary N) is 2. The van der Waals surface area contributed by atoms with Crippen LogP contribution in [0.5, 0.6) is 0 Å². The summed E-state index contributed by atoms with van der Waals surface area (Å²) in [4.78, 5) is 0. The Morgan fingerprint density at radius 1 is 0.0397 bits per heavy atom. The molecular weight excluding hydrogens is 1760 g/mol. The van der Waals surface area contributed by atoms with Crippen molar-refractivity contribution < 1.29 is 0 Å². The maximum atomic E-state index is 4.64. The number of hydrogen-bond acceptors (Lipinski definition) is 2. The molecule has 4 N–H and O–H groups in total. The van der Waals surface area contributed by atoms with Gasteiger partial charge in [0.05, 0.1) is 0 Å². The van der Waals surface area contributed by atoms with Gasteiger partial charge in [0.25, 0.3) is 0 Å². The van der Waals surface area contributed by atoms with Crippen LogP contribution in [0, 0.1) is 0 Å². The Morgan fingerprint density at radius 2 is 0.0635 bits per heavy atom. The highest BCUT2D eigenvalue weighted by atomic mass is 15.8. The van der Waals surface area contributed by atoms with Gasteiger partial charge in [-0.15, -0.1) is 0 Å². The summed E-state index contributed by atoms with van der Waals surface area (Å²) < 4.78 is 0. The van der Waals surface area contributed by atoms with Gasteiger partial charge in [0.1, 0.15) is 0 Å². The number of nitrogens with zero attached hydrogens (tertiary/aromatic N) is 124. The monoisotopic (exact) mass is 1770 g/mol. The molecule has 0 saturated carbocycles. The van der Waals surface area contributed by atoms with Gasteiger partial charge in [0.2, 0.25) is 0 Å². The standard InChI is InChI=1S/H4N126/c1-3-5-7-9-11-13-15-17-19-21-23-25-27-29-31-33-35-37-39-41-43-45-47-49-51-53-55-57-59-61-63-65-67-69-71-73-75-77-79-81-83-85-87-89-91-93-95-97-99-101-103-105-107-109-111-113-115-117-119-121-123-125-126-124-122-120-118-116-114-112-110-108-106-104-102-100-98-96-94-92-90-88-86-84-82-80-78-76-74-72-70-68-66-64-62-60-58-56-54-52-50-48-46-44-42-40-38-36-34-32-30-28-26-24-22-20-18-16-14-12-10-8-6-4-2/h(H2,1,4,5,8,9,12,13,16,17,20,21,24,25,28,29,32,33,36,37,40,41,44,45,48,49,52,53,56,57,60,61,64,65,68,69,72,73,76,77,80,81,84,85,88,89,92,93,96,97,100,101,104,105,108,109,112,113,116,117,120,121,124,125)(H2,2,3,6,7,10,11,14,15,18,19,22,23,26,27,30,31,34,35,38,39,42,43,46,47,50,51,54,55,58,59,62,63,66,67,70,71,74,75,78,79,82,83,86,87,90,91,94,95,98,99,102,103,106,107,110,111,114,115,118,119,122,123,126). The minimum absolute atomic E-state index is 2.75. The Morgan fingerprint density at radius 3 is 0.0873 bits per heavy atom. The number of hydrogen-bond donors (Lipinski definition) is 2. The molecule has 0 rings (SSSR count). The van der Waals surface area contributed by atoms with Crippen molar-refractivity contribution in [2.75, 3.05) is 0 Å². The van der Waals surface area contributed by atoms with E-state index in [-0.39, 0.29) is 0 Å². The van der Waals surface area contributed by atoms with Crippen LogP contribution in [0.25, 0.3) is 0 Å².